The predicted molar refractivity (Wildman–Crippen MR) is 74.8 cm³/mol. The highest BCUT2D eigenvalue weighted by Gasteiger charge is 2.29. The molecule has 0 amide bonds. The van der Waals surface area contributed by atoms with Crippen molar-refractivity contribution in [2.45, 2.75) is 36.8 Å². The molecule has 2 rings (SSSR count). The molecule has 0 N–H and O–H groups in total. The quantitative estimate of drug-likeness (QED) is 0.793. The van der Waals surface area contributed by atoms with Crippen LogP contribution >= 0.6 is 15.9 Å². The number of ether oxygens (including phenoxy) is 3. The summed E-state index contributed by atoms with van der Waals surface area (Å²) in [6.07, 6.45) is 2.80. The Morgan fingerprint density at radius 1 is 1.22 bits per heavy atom. The molecule has 0 bridgehead atoms. The summed E-state index contributed by atoms with van der Waals surface area (Å²) in [4.78, 5) is 0.197. The van der Waals surface area contributed by atoms with E-state index in [-0.39, 0.29) is 10.9 Å². The molecule has 0 aliphatic carbocycles. The molecule has 3 atom stereocenters. The normalized spacial score (nSPS) is 24.9. The van der Waals surface area contributed by atoms with E-state index >= 15 is 0 Å². The van der Waals surface area contributed by atoms with Crippen LogP contribution in [0.1, 0.15) is 30.2 Å². The molecular formula is C14H19BrO3. The van der Waals surface area contributed by atoms with Crippen LogP contribution in [0.5, 0.6) is 11.5 Å². The van der Waals surface area contributed by atoms with Gasteiger partial charge in [-0.25, -0.2) is 0 Å². The van der Waals surface area contributed by atoms with Crippen molar-refractivity contribution in [3.8, 4) is 11.5 Å². The van der Waals surface area contributed by atoms with Gasteiger partial charge in [-0.3, -0.25) is 0 Å². The van der Waals surface area contributed by atoms with Crippen molar-refractivity contribution in [3.05, 3.63) is 23.8 Å². The highest BCUT2D eigenvalue weighted by molar-refractivity contribution is 9.09. The van der Waals surface area contributed by atoms with Crippen molar-refractivity contribution in [1.29, 1.82) is 0 Å². The van der Waals surface area contributed by atoms with Gasteiger partial charge >= 0.3 is 0 Å². The maximum atomic E-state index is 5.89. The number of rotatable bonds is 4. The van der Waals surface area contributed by atoms with E-state index in [1.807, 2.05) is 18.2 Å². The number of alkyl halides is 1. The fraction of sp³-hybridized carbons (Fsp3) is 0.571. The molecular weight excluding hydrogens is 296 g/mol. The Labute approximate surface area is 117 Å². The van der Waals surface area contributed by atoms with Gasteiger partial charge in [0.1, 0.15) is 0 Å². The van der Waals surface area contributed by atoms with Crippen LogP contribution in [0.2, 0.25) is 0 Å². The average molecular weight is 315 g/mol. The highest BCUT2D eigenvalue weighted by atomic mass is 79.9. The van der Waals surface area contributed by atoms with Crippen LogP contribution in [0.25, 0.3) is 0 Å². The molecule has 1 aliphatic heterocycles. The minimum atomic E-state index is 0.197. The zero-order valence-corrected chi connectivity index (χ0v) is 12.6. The lowest BCUT2D eigenvalue weighted by molar-refractivity contribution is 0.0556. The van der Waals surface area contributed by atoms with Gasteiger partial charge in [0.05, 0.1) is 31.3 Å². The lowest BCUT2D eigenvalue weighted by Crippen LogP contribution is -2.14. The lowest BCUT2D eigenvalue weighted by atomic mass is 10.0. The molecule has 0 aromatic heterocycles. The lowest BCUT2D eigenvalue weighted by Gasteiger charge is -2.19. The van der Waals surface area contributed by atoms with Gasteiger partial charge in [0, 0.05) is 0 Å². The minimum absolute atomic E-state index is 0.197. The average Bonchev–Trinajstić information content (AvgIpc) is 2.83. The highest BCUT2D eigenvalue weighted by Crippen LogP contribution is 2.39. The summed E-state index contributed by atoms with van der Waals surface area (Å²) in [5.74, 6) is 1.51. The number of methoxy groups -OCH3 is 2. The molecule has 1 aromatic carbocycles. The molecule has 1 saturated heterocycles. The molecule has 1 heterocycles. The van der Waals surface area contributed by atoms with Gasteiger partial charge in [-0.05, 0) is 37.5 Å². The van der Waals surface area contributed by atoms with Crippen LogP contribution in [-0.2, 0) is 4.74 Å². The number of hydrogen-bond donors (Lipinski definition) is 0. The van der Waals surface area contributed by atoms with E-state index in [1.165, 1.54) is 0 Å². The summed E-state index contributed by atoms with van der Waals surface area (Å²) in [5.41, 5.74) is 1.16. The molecule has 18 heavy (non-hydrogen) atoms. The fourth-order valence-corrected chi connectivity index (χ4v) is 2.96. The van der Waals surface area contributed by atoms with E-state index in [1.54, 1.807) is 14.2 Å². The summed E-state index contributed by atoms with van der Waals surface area (Å²) in [6.45, 7) is 2.12. The molecule has 4 heteroatoms. The smallest absolute Gasteiger partial charge is 0.161 e. The molecule has 1 aromatic rings. The van der Waals surface area contributed by atoms with Crippen LogP contribution in [0.15, 0.2) is 18.2 Å². The Hall–Kier alpha value is -0.740. The van der Waals surface area contributed by atoms with Crippen LogP contribution < -0.4 is 9.47 Å². The second-order valence-electron chi connectivity index (χ2n) is 4.58. The fourth-order valence-electron chi connectivity index (χ4n) is 2.29. The maximum absolute atomic E-state index is 5.89. The Kier molecular flexibility index (Phi) is 4.51. The first kappa shape index (κ1) is 13.7. The summed E-state index contributed by atoms with van der Waals surface area (Å²) < 4.78 is 16.5. The molecule has 0 saturated carbocycles. The molecule has 3 unspecified atom stereocenters. The largest absolute Gasteiger partial charge is 0.493 e. The first-order valence-corrected chi connectivity index (χ1v) is 7.08. The minimum Gasteiger partial charge on any atom is -0.493 e. The molecule has 1 fully saturated rings. The third kappa shape index (κ3) is 2.81. The number of benzene rings is 1. The topological polar surface area (TPSA) is 27.7 Å². The Morgan fingerprint density at radius 3 is 2.50 bits per heavy atom. The third-order valence-electron chi connectivity index (χ3n) is 3.32. The Bertz CT molecular complexity index is 408. The van der Waals surface area contributed by atoms with E-state index in [4.69, 9.17) is 14.2 Å². The number of halogens is 1. The molecule has 100 valence electrons. The summed E-state index contributed by atoms with van der Waals surface area (Å²) >= 11 is 3.73. The van der Waals surface area contributed by atoms with Crippen molar-refractivity contribution >= 4 is 15.9 Å². The number of hydrogen-bond acceptors (Lipinski definition) is 3. The zero-order valence-electron chi connectivity index (χ0n) is 11.0. The second kappa shape index (κ2) is 5.93. The molecule has 3 nitrogen and oxygen atoms in total. The Balaban J connectivity index is 2.17. The molecule has 0 spiro atoms. The molecule has 1 aliphatic rings. The monoisotopic (exact) mass is 314 g/mol. The van der Waals surface area contributed by atoms with Gasteiger partial charge in [0.25, 0.3) is 0 Å². The van der Waals surface area contributed by atoms with Crippen LogP contribution in [0.3, 0.4) is 0 Å². The van der Waals surface area contributed by atoms with Crippen molar-refractivity contribution in [2.24, 2.45) is 0 Å². The second-order valence-corrected chi connectivity index (χ2v) is 5.57. The van der Waals surface area contributed by atoms with Crippen LogP contribution in [0, 0.1) is 0 Å². The third-order valence-corrected chi connectivity index (χ3v) is 4.44. The SMILES string of the molecule is COc1ccc(C(Br)C2CCC(C)O2)cc1OC. The van der Waals surface area contributed by atoms with Crippen LogP contribution in [-0.4, -0.2) is 26.4 Å². The first-order valence-electron chi connectivity index (χ1n) is 6.17. The van der Waals surface area contributed by atoms with E-state index in [0.29, 0.717) is 6.10 Å². The molecule has 0 radical (unpaired) electrons. The Morgan fingerprint density at radius 2 is 1.94 bits per heavy atom. The van der Waals surface area contributed by atoms with Crippen LogP contribution in [0.4, 0.5) is 0 Å². The van der Waals surface area contributed by atoms with Crippen molar-refractivity contribution in [1.82, 2.24) is 0 Å². The van der Waals surface area contributed by atoms with Crippen molar-refractivity contribution < 1.29 is 14.2 Å². The summed E-state index contributed by atoms with van der Waals surface area (Å²) in [6, 6.07) is 5.98. The first-order chi connectivity index (χ1) is 8.65. The standard InChI is InChI=1S/C14H19BrO3/c1-9-4-6-12(18-9)14(15)10-5-7-11(16-2)13(8-10)17-3/h5,7-9,12,14H,4,6H2,1-3H3. The maximum Gasteiger partial charge on any atom is 0.161 e. The summed E-state index contributed by atoms with van der Waals surface area (Å²) in [7, 11) is 3.30. The van der Waals surface area contributed by atoms with Gasteiger partial charge in [-0.15, -0.1) is 0 Å². The van der Waals surface area contributed by atoms with E-state index in [0.717, 1.165) is 29.9 Å². The summed E-state index contributed by atoms with van der Waals surface area (Å²) in [5, 5.41) is 0. The zero-order chi connectivity index (χ0) is 13.1. The van der Waals surface area contributed by atoms with Gasteiger partial charge in [0.15, 0.2) is 11.5 Å². The van der Waals surface area contributed by atoms with E-state index < -0.39 is 0 Å². The van der Waals surface area contributed by atoms with E-state index in [2.05, 4.69) is 22.9 Å². The van der Waals surface area contributed by atoms with Gasteiger partial charge in [0.2, 0.25) is 0 Å². The van der Waals surface area contributed by atoms with E-state index in [9.17, 15) is 0 Å². The predicted octanol–water partition coefficient (Wildman–Crippen LogP) is 3.71. The van der Waals surface area contributed by atoms with Gasteiger partial charge in [-0.2, -0.15) is 0 Å². The van der Waals surface area contributed by atoms with Gasteiger partial charge < -0.3 is 14.2 Å². The van der Waals surface area contributed by atoms with Crippen molar-refractivity contribution in [3.63, 3.8) is 0 Å². The van der Waals surface area contributed by atoms with Gasteiger partial charge in [-0.1, -0.05) is 22.0 Å². The van der Waals surface area contributed by atoms with Crippen molar-refractivity contribution in [2.75, 3.05) is 14.2 Å².